The standard InChI is InChI=1S/C27H24N2O4S/c1-29-23-11-3-2-10-22(23)28-24(29)13-12-18-6-4-7-19(16-18)26(34-15-14-25(30)31)20-8-5-9-21(17-20)27(32)33/h2-13,16-17,26H,14-15H2,1H3,(H,30,31)(H,32,33)/b13-12+. The normalized spacial score (nSPS) is 12.3. The number of aromatic nitrogens is 2. The molecule has 6 nitrogen and oxygen atoms in total. The quantitative estimate of drug-likeness (QED) is 0.323. The molecule has 0 saturated heterocycles. The van der Waals surface area contributed by atoms with Gasteiger partial charge in [-0.3, -0.25) is 4.79 Å². The van der Waals surface area contributed by atoms with Crippen LogP contribution in [0.3, 0.4) is 0 Å². The monoisotopic (exact) mass is 472 g/mol. The number of thioether (sulfide) groups is 1. The van der Waals surface area contributed by atoms with Gasteiger partial charge in [0.05, 0.1) is 28.3 Å². The molecule has 0 fully saturated rings. The van der Waals surface area contributed by atoms with Gasteiger partial charge in [-0.15, -0.1) is 11.8 Å². The van der Waals surface area contributed by atoms with Gasteiger partial charge in [0.1, 0.15) is 5.82 Å². The second kappa shape index (κ2) is 10.4. The summed E-state index contributed by atoms with van der Waals surface area (Å²) in [4.78, 5) is 27.2. The fourth-order valence-electron chi connectivity index (χ4n) is 3.79. The third-order valence-corrected chi connectivity index (χ3v) is 6.81. The lowest BCUT2D eigenvalue weighted by atomic mass is 10.0. The first-order chi connectivity index (χ1) is 16.4. The number of fused-ring (bicyclic) bond motifs is 1. The molecular weight excluding hydrogens is 448 g/mol. The number of carboxylic acids is 2. The average molecular weight is 473 g/mol. The third kappa shape index (κ3) is 5.38. The number of imidazole rings is 1. The summed E-state index contributed by atoms with van der Waals surface area (Å²) in [5.41, 5.74) is 4.98. The summed E-state index contributed by atoms with van der Waals surface area (Å²) in [5, 5.41) is 18.3. The van der Waals surface area contributed by atoms with Crippen LogP contribution in [0.4, 0.5) is 0 Å². The number of nitrogens with zero attached hydrogens (tertiary/aromatic N) is 2. The summed E-state index contributed by atoms with van der Waals surface area (Å²) in [7, 11) is 1.98. The van der Waals surface area contributed by atoms with E-state index in [2.05, 4.69) is 4.98 Å². The van der Waals surface area contributed by atoms with Crippen LogP contribution in [0, 0.1) is 0 Å². The molecule has 172 valence electrons. The van der Waals surface area contributed by atoms with Gasteiger partial charge in [-0.2, -0.15) is 0 Å². The van der Waals surface area contributed by atoms with Gasteiger partial charge in [0, 0.05) is 12.8 Å². The minimum atomic E-state index is -0.990. The van der Waals surface area contributed by atoms with Crippen molar-refractivity contribution < 1.29 is 19.8 Å². The van der Waals surface area contributed by atoms with Gasteiger partial charge >= 0.3 is 11.9 Å². The van der Waals surface area contributed by atoms with Gasteiger partial charge in [-0.05, 0) is 47.0 Å². The highest BCUT2D eigenvalue weighted by molar-refractivity contribution is 7.99. The van der Waals surface area contributed by atoms with E-state index in [1.54, 1.807) is 18.2 Å². The number of hydrogen-bond donors (Lipinski definition) is 2. The number of hydrogen-bond acceptors (Lipinski definition) is 4. The molecule has 0 aliphatic carbocycles. The predicted octanol–water partition coefficient (Wildman–Crippen LogP) is 5.74. The number of carbonyl (C=O) groups is 2. The summed E-state index contributed by atoms with van der Waals surface area (Å²) < 4.78 is 2.04. The Labute approximate surface area is 201 Å². The van der Waals surface area contributed by atoms with E-state index in [9.17, 15) is 14.7 Å². The Bertz CT molecular complexity index is 1380. The van der Waals surface area contributed by atoms with Crippen molar-refractivity contribution in [3.05, 3.63) is 101 Å². The number of para-hydroxylation sites is 2. The molecule has 0 amide bonds. The van der Waals surface area contributed by atoms with E-state index in [1.165, 1.54) is 11.8 Å². The zero-order valence-corrected chi connectivity index (χ0v) is 19.4. The lowest BCUT2D eigenvalue weighted by Gasteiger charge is -2.18. The van der Waals surface area contributed by atoms with Crippen molar-refractivity contribution in [3.63, 3.8) is 0 Å². The van der Waals surface area contributed by atoms with Crippen LogP contribution in [0.5, 0.6) is 0 Å². The Balaban J connectivity index is 1.65. The minimum absolute atomic E-state index is 0.0338. The lowest BCUT2D eigenvalue weighted by Crippen LogP contribution is -2.04. The maximum absolute atomic E-state index is 11.5. The maximum Gasteiger partial charge on any atom is 0.335 e. The minimum Gasteiger partial charge on any atom is -0.481 e. The van der Waals surface area contributed by atoms with Crippen LogP contribution in [0.2, 0.25) is 0 Å². The number of aryl methyl sites for hydroxylation is 1. The van der Waals surface area contributed by atoms with E-state index < -0.39 is 11.9 Å². The molecule has 0 spiro atoms. The Morgan fingerprint density at radius 1 is 0.971 bits per heavy atom. The molecular formula is C27H24N2O4S. The third-order valence-electron chi connectivity index (χ3n) is 5.50. The Morgan fingerprint density at radius 3 is 2.44 bits per heavy atom. The van der Waals surface area contributed by atoms with Crippen molar-refractivity contribution in [2.75, 3.05) is 5.75 Å². The number of rotatable bonds is 9. The van der Waals surface area contributed by atoms with Crippen molar-refractivity contribution >= 4 is 46.9 Å². The van der Waals surface area contributed by atoms with Gasteiger partial charge in [0.2, 0.25) is 0 Å². The Kier molecular flexibility index (Phi) is 7.13. The van der Waals surface area contributed by atoms with E-state index in [0.29, 0.717) is 5.75 Å². The van der Waals surface area contributed by atoms with E-state index in [4.69, 9.17) is 5.11 Å². The van der Waals surface area contributed by atoms with E-state index >= 15 is 0 Å². The highest BCUT2D eigenvalue weighted by atomic mass is 32.2. The molecule has 0 aliphatic rings. The second-order valence-electron chi connectivity index (χ2n) is 7.85. The SMILES string of the molecule is Cn1c(/C=C/c2cccc(C(SCCC(=O)O)c3cccc(C(=O)O)c3)c2)nc2ccccc21. The van der Waals surface area contributed by atoms with Gasteiger partial charge in [0.15, 0.2) is 0 Å². The Morgan fingerprint density at radius 2 is 1.71 bits per heavy atom. The summed E-state index contributed by atoms with van der Waals surface area (Å²) in [6.07, 6.45) is 4.00. The molecule has 1 atom stereocenters. The maximum atomic E-state index is 11.5. The van der Waals surface area contributed by atoms with Crippen LogP contribution in [-0.2, 0) is 11.8 Å². The number of carboxylic acid groups (broad SMARTS) is 2. The van der Waals surface area contributed by atoms with Gasteiger partial charge < -0.3 is 14.8 Å². The number of aromatic carboxylic acids is 1. The first-order valence-electron chi connectivity index (χ1n) is 10.8. The highest BCUT2D eigenvalue weighted by Crippen LogP contribution is 2.37. The molecule has 4 aromatic rings. The van der Waals surface area contributed by atoms with Crippen LogP contribution >= 0.6 is 11.8 Å². The van der Waals surface area contributed by atoms with E-state index in [-0.39, 0.29) is 17.2 Å². The van der Waals surface area contributed by atoms with E-state index in [0.717, 1.165) is 33.5 Å². The fourth-order valence-corrected chi connectivity index (χ4v) is 5.00. The van der Waals surface area contributed by atoms with Crippen molar-refractivity contribution in [1.29, 1.82) is 0 Å². The van der Waals surface area contributed by atoms with E-state index in [1.807, 2.05) is 78.4 Å². The summed E-state index contributed by atoms with van der Waals surface area (Å²) in [6, 6.07) is 22.8. The van der Waals surface area contributed by atoms with Crippen molar-refractivity contribution in [3.8, 4) is 0 Å². The molecule has 0 bridgehead atoms. The Hall–Kier alpha value is -3.84. The first-order valence-corrected chi connectivity index (χ1v) is 11.8. The smallest absolute Gasteiger partial charge is 0.335 e. The van der Waals surface area contributed by atoms with Crippen LogP contribution < -0.4 is 0 Å². The van der Waals surface area contributed by atoms with Crippen LogP contribution in [0.25, 0.3) is 23.2 Å². The number of benzene rings is 3. The molecule has 34 heavy (non-hydrogen) atoms. The summed E-state index contributed by atoms with van der Waals surface area (Å²) in [6.45, 7) is 0. The molecule has 0 radical (unpaired) electrons. The second-order valence-corrected chi connectivity index (χ2v) is 9.06. The van der Waals surface area contributed by atoms with Crippen molar-refractivity contribution in [2.45, 2.75) is 11.7 Å². The molecule has 3 aromatic carbocycles. The first kappa shape index (κ1) is 23.3. The topological polar surface area (TPSA) is 92.4 Å². The molecule has 4 rings (SSSR count). The van der Waals surface area contributed by atoms with Crippen LogP contribution in [-0.4, -0.2) is 37.5 Å². The fraction of sp³-hybridized carbons (Fsp3) is 0.148. The molecule has 2 N–H and O–H groups in total. The highest BCUT2D eigenvalue weighted by Gasteiger charge is 2.17. The predicted molar refractivity (Wildman–Crippen MR) is 136 cm³/mol. The molecule has 7 heteroatoms. The molecule has 1 heterocycles. The molecule has 0 saturated carbocycles. The van der Waals surface area contributed by atoms with Crippen molar-refractivity contribution in [2.24, 2.45) is 7.05 Å². The largest absolute Gasteiger partial charge is 0.481 e. The van der Waals surface area contributed by atoms with Crippen molar-refractivity contribution in [1.82, 2.24) is 9.55 Å². The molecule has 0 aliphatic heterocycles. The van der Waals surface area contributed by atoms with Crippen LogP contribution in [0.1, 0.15) is 44.5 Å². The molecule has 1 unspecified atom stereocenters. The zero-order valence-electron chi connectivity index (χ0n) is 18.6. The molecule has 1 aromatic heterocycles. The number of aliphatic carboxylic acids is 1. The van der Waals surface area contributed by atoms with Crippen LogP contribution in [0.15, 0.2) is 72.8 Å². The average Bonchev–Trinajstić information content (AvgIpc) is 3.16. The summed E-state index contributed by atoms with van der Waals surface area (Å²) >= 11 is 1.49. The van der Waals surface area contributed by atoms with Gasteiger partial charge in [-0.1, -0.05) is 54.6 Å². The zero-order chi connectivity index (χ0) is 24.1. The van der Waals surface area contributed by atoms with Gasteiger partial charge in [0.25, 0.3) is 0 Å². The lowest BCUT2D eigenvalue weighted by molar-refractivity contribution is -0.136. The van der Waals surface area contributed by atoms with Gasteiger partial charge in [-0.25, -0.2) is 9.78 Å². The summed E-state index contributed by atoms with van der Waals surface area (Å²) in [5.74, 6) is -0.592.